The van der Waals surface area contributed by atoms with Gasteiger partial charge in [0.1, 0.15) is 11.5 Å². The van der Waals surface area contributed by atoms with E-state index in [1.54, 1.807) is 0 Å². The number of nitrogens with zero attached hydrogens (tertiary/aromatic N) is 1. The Morgan fingerprint density at radius 3 is 2.45 bits per heavy atom. The first-order valence-corrected chi connectivity index (χ1v) is 8.65. The average Bonchev–Trinajstić information content (AvgIpc) is 2.47. The smallest absolute Gasteiger partial charge is 0.311 e. The van der Waals surface area contributed by atoms with E-state index in [0.717, 1.165) is 31.5 Å². The van der Waals surface area contributed by atoms with Crippen LogP contribution in [0.1, 0.15) is 24.8 Å². The third kappa shape index (κ3) is 3.04. The van der Waals surface area contributed by atoms with E-state index in [2.05, 4.69) is 4.90 Å². The Morgan fingerprint density at radius 1 is 1.05 bits per heavy atom. The summed E-state index contributed by atoms with van der Waals surface area (Å²) in [5.74, 6) is 0.524. The van der Waals surface area contributed by atoms with Gasteiger partial charge < -0.3 is 4.18 Å². The van der Waals surface area contributed by atoms with Gasteiger partial charge >= 0.3 is 10.1 Å². The van der Waals surface area contributed by atoms with Crippen molar-refractivity contribution < 1.29 is 12.6 Å². The van der Waals surface area contributed by atoms with E-state index in [4.69, 9.17) is 4.18 Å². The van der Waals surface area contributed by atoms with Crippen LogP contribution in [0.5, 0.6) is 0 Å². The Kier molecular flexibility index (Phi) is 3.81. The molecule has 0 amide bonds. The van der Waals surface area contributed by atoms with Crippen LogP contribution in [-0.4, -0.2) is 38.2 Å². The largest absolute Gasteiger partial charge is 0.382 e. The molecular formula is C15H19NO3S. The highest BCUT2D eigenvalue weighted by Crippen LogP contribution is 2.27. The van der Waals surface area contributed by atoms with Crippen molar-refractivity contribution in [1.82, 2.24) is 4.90 Å². The maximum atomic E-state index is 12.0. The fraction of sp³-hybridized carbons (Fsp3) is 0.467. The molecule has 0 spiro atoms. The number of benzene rings is 1. The quantitative estimate of drug-likeness (QED) is 0.785. The van der Waals surface area contributed by atoms with Crippen molar-refractivity contribution in [2.45, 2.75) is 25.3 Å². The molecule has 1 fully saturated rings. The van der Waals surface area contributed by atoms with E-state index in [9.17, 15) is 8.42 Å². The van der Waals surface area contributed by atoms with Gasteiger partial charge in [-0.05, 0) is 32.0 Å². The summed E-state index contributed by atoms with van der Waals surface area (Å²) >= 11 is 0. The summed E-state index contributed by atoms with van der Waals surface area (Å²) in [5, 5.41) is 0. The molecule has 0 aromatic heterocycles. The van der Waals surface area contributed by atoms with Crippen molar-refractivity contribution in [1.29, 1.82) is 0 Å². The lowest BCUT2D eigenvalue weighted by Gasteiger charge is -2.34. The molecule has 1 atom stereocenters. The Balaban J connectivity index is 1.90. The molecule has 1 aromatic rings. The zero-order valence-electron chi connectivity index (χ0n) is 11.4. The Morgan fingerprint density at radius 2 is 1.75 bits per heavy atom. The van der Waals surface area contributed by atoms with Crippen LogP contribution in [0.4, 0.5) is 0 Å². The minimum absolute atomic E-state index is 0.0589. The number of hydrogen-bond acceptors (Lipinski definition) is 4. The molecular weight excluding hydrogens is 274 g/mol. The zero-order valence-corrected chi connectivity index (χ0v) is 12.2. The van der Waals surface area contributed by atoms with E-state index in [1.165, 1.54) is 6.42 Å². The monoisotopic (exact) mass is 293 g/mol. The van der Waals surface area contributed by atoms with Gasteiger partial charge in [0, 0.05) is 11.6 Å². The number of likely N-dealkylation sites (tertiary alicyclic amines) is 1. The van der Waals surface area contributed by atoms with E-state index in [-0.39, 0.29) is 11.8 Å². The molecule has 0 N–H and O–H groups in total. The lowest BCUT2D eigenvalue weighted by molar-refractivity contribution is 0.197. The van der Waals surface area contributed by atoms with Crippen LogP contribution in [0.25, 0.3) is 5.76 Å². The Bertz CT molecular complexity index is 589. The molecule has 0 unspecified atom stereocenters. The average molecular weight is 293 g/mol. The highest BCUT2D eigenvalue weighted by Gasteiger charge is 2.31. The third-order valence-electron chi connectivity index (χ3n) is 3.85. The van der Waals surface area contributed by atoms with Gasteiger partial charge in [-0.1, -0.05) is 36.8 Å². The normalized spacial score (nSPS) is 26.6. The maximum absolute atomic E-state index is 12.0. The predicted molar refractivity (Wildman–Crippen MR) is 78.5 cm³/mol. The second-order valence-corrected chi connectivity index (χ2v) is 6.98. The van der Waals surface area contributed by atoms with Crippen LogP contribution < -0.4 is 0 Å². The lowest BCUT2D eigenvalue weighted by Crippen LogP contribution is -2.44. The molecule has 5 heteroatoms. The summed E-state index contributed by atoms with van der Waals surface area (Å²) in [4.78, 5) is 2.26. The van der Waals surface area contributed by atoms with Crippen molar-refractivity contribution in [3.8, 4) is 0 Å². The molecule has 1 aromatic carbocycles. The summed E-state index contributed by atoms with van der Waals surface area (Å²) in [7, 11) is -3.49. The predicted octanol–water partition coefficient (Wildman–Crippen LogP) is 2.24. The molecule has 4 nitrogen and oxygen atoms in total. The molecule has 20 heavy (non-hydrogen) atoms. The fourth-order valence-electron chi connectivity index (χ4n) is 2.84. The Hall–Kier alpha value is -1.33. The van der Waals surface area contributed by atoms with Crippen molar-refractivity contribution in [2.24, 2.45) is 0 Å². The lowest BCUT2D eigenvalue weighted by atomic mass is 10.1. The van der Waals surface area contributed by atoms with Crippen LogP contribution in [0.2, 0.25) is 0 Å². The minimum atomic E-state index is -3.49. The highest BCUT2D eigenvalue weighted by molar-refractivity contribution is 7.87. The van der Waals surface area contributed by atoms with Crippen molar-refractivity contribution >= 4 is 15.9 Å². The van der Waals surface area contributed by atoms with Gasteiger partial charge in [0.25, 0.3) is 0 Å². The number of rotatable bonds is 2. The van der Waals surface area contributed by atoms with Crippen molar-refractivity contribution in [3.05, 3.63) is 42.0 Å². The number of piperidine rings is 1. The van der Waals surface area contributed by atoms with E-state index in [1.807, 2.05) is 36.4 Å². The molecule has 0 radical (unpaired) electrons. The third-order valence-corrected chi connectivity index (χ3v) is 5.04. The van der Waals surface area contributed by atoms with E-state index >= 15 is 0 Å². The summed E-state index contributed by atoms with van der Waals surface area (Å²) < 4.78 is 29.2. The van der Waals surface area contributed by atoms with Crippen LogP contribution in [0.3, 0.4) is 0 Å². The fourth-order valence-corrected chi connectivity index (χ4v) is 4.06. The SMILES string of the molecule is O=S1(=O)C[C@H](N2CCCCC2)C=C(c2ccccc2)O1. The van der Waals surface area contributed by atoms with Crippen LogP contribution in [-0.2, 0) is 14.3 Å². The molecule has 2 aliphatic heterocycles. The first kappa shape index (κ1) is 13.6. The summed E-state index contributed by atoms with van der Waals surface area (Å²) in [6.45, 7) is 1.94. The molecule has 108 valence electrons. The second-order valence-electron chi connectivity index (χ2n) is 5.37. The van der Waals surface area contributed by atoms with Gasteiger partial charge in [0.15, 0.2) is 0 Å². The van der Waals surface area contributed by atoms with Gasteiger partial charge in [-0.3, -0.25) is 4.90 Å². The summed E-state index contributed by atoms with van der Waals surface area (Å²) in [5.41, 5.74) is 0.817. The molecule has 1 saturated heterocycles. The molecule has 0 bridgehead atoms. The second kappa shape index (κ2) is 5.58. The first-order valence-electron chi connectivity index (χ1n) is 7.07. The first-order chi connectivity index (χ1) is 9.64. The molecule has 3 rings (SSSR count). The van der Waals surface area contributed by atoms with Gasteiger partial charge in [-0.25, -0.2) is 0 Å². The molecule has 2 heterocycles. The van der Waals surface area contributed by atoms with Crippen LogP contribution >= 0.6 is 0 Å². The van der Waals surface area contributed by atoms with E-state index < -0.39 is 10.1 Å². The standard InChI is InChI=1S/C15H19NO3S/c17-20(18)12-14(16-9-5-2-6-10-16)11-15(19-20)13-7-3-1-4-8-13/h1,3-4,7-8,11,14H,2,5-6,9-10,12H2/t14-/m1/s1. The summed E-state index contributed by atoms with van der Waals surface area (Å²) in [6.07, 6.45) is 5.49. The summed E-state index contributed by atoms with van der Waals surface area (Å²) in [6, 6.07) is 9.36. The number of hydrogen-bond donors (Lipinski definition) is 0. The van der Waals surface area contributed by atoms with E-state index in [0.29, 0.717) is 5.76 Å². The maximum Gasteiger partial charge on any atom is 0.311 e. The van der Waals surface area contributed by atoms with Gasteiger partial charge in [-0.2, -0.15) is 8.42 Å². The zero-order chi connectivity index (χ0) is 14.0. The Labute approximate surface area is 120 Å². The highest BCUT2D eigenvalue weighted by atomic mass is 32.2. The van der Waals surface area contributed by atoms with Crippen molar-refractivity contribution in [3.63, 3.8) is 0 Å². The van der Waals surface area contributed by atoms with Crippen molar-refractivity contribution in [2.75, 3.05) is 18.8 Å². The van der Waals surface area contributed by atoms with Gasteiger partial charge in [-0.15, -0.1) is 0 Å². The van der Waals surface area contributed by atoms with Crippen LogP contribution in [0, 0.1) is 0 Å². The van der Waals surface area contributed by atoms with Gasteiger partial charge in [0.2, 0.25) is 0 Å². The minimum Gasteiger partial charge on any atom is -0.382 e. The molecule has 0 saturated carbocycles. The molecule has 2 aliphatic rings. The van der Waals surface area contributed by atoms with Crippen LogP contribution in [0.15, 0.2) is 36.4 Å². The molecule has 0 aliphatic carbocycles. The topological polar surface area (TPSA) is 46.6 Å². The van der Waals surface area contributed by atoms with Gasteiger partial charge in [0.05, 0.1) is 0 Å².